The van der Waals surface area contributed by atoms with E-state index in [2.05, 4.69) is 10.6 Å². The summed E-state index contributed by atoms with van der Waals surface area (Å²) in [5.41, 5.74) is 0.834. The van der Waals surface area contributed by atoms with Crippen molar-refractivity contribution >= 4 is 23.5 Å². The minimum atomic E-state index is -0.536. The molecule has 0 saturated heterocycles. The molecule has 0 aliphatic carbocycles. The van der Waals surface area contributed by atoms with Crippen LogP contribution < -0.4 is 20.1 Å². The summed E-state index contributed by atoms with van der Waals surface area (Å²) in [7, 11) is 2.95. The molecule has 0 aliphatic rings. The monoisotopic (exact) mass is 386 g/mol. The van der Waals surface area contributed by atoms with E-state index in [1.54, 1.807) is 37.3 Å². The lowest BCUT2D eigenvalue weighted by atomic mass is 10.1. The number of anilines is 1. The van der Waals surface area contributed by atoms with Crippen LogP contribution >= 0.6 is 0 Å². The maximum atomic E-state index is 12.3. The number of carbonyl (C=O) groups is 3. The number of nitrogens with one attached hydrogen (secondary N) is 2. The van der Waals surface area contributed by atoms with Gasteiger partial charge < -0.3 is 24.8 Å². The Balaban J connectivity index is 2.02. The lowest BCUT2D eigenvalue weighted by Gasteiger charge is -2.11. The van der Waals surface area contributed by atoms with Gasteiger partial charge in [-0.25, -0.2) is 4.79 Å². The summed E-state index contributed by atoms with van der Waals surface area (Å²) in [6.07, 6.45) is 0. The molecule has 0 unspecified atom stereocenters. The fraction of sp³-hybridized carbons (Fsp3) is 0.250. The van der Waals surface area contributed by atoms with Gasteiger partial charge in [-0.1, -0.05) is 12.1 Å². The molecular weight excluding hydrogens is 364 g/mol. The van der Waals surface area contributed by atoms with E-state index in [0.29, 0.717) is 17.2 Å². The molecule has 2 N–H and O–H groups in total. The molecule has 2 aromatic rings. The summed E-state index contributed by atoms with van der Waals surface area (Å²) in [5, 5.41) is 5.12. The van der Waals surface area contributed by atoms with Gasteiger partial charge in [-0.15, -0.1) is 0 Å². The molecule has 0 fully saturated rings. The molecule has 0 atom stereocenters. The zero-order chi connectivity index (χ0) is 20.5. The summed E-state index contributed by atoms with van der Waals surface area (Å²) in [5.74, 6) is -0.577. The first-order valence-corrected chi connectivity index (χ1v) is 8.55. The smallest absolute Gasteiger partial charge is 0.340 e. The summed E-state index contributed by atoms with van der Waals surface area (Å²) < 4.78 is 15.2. The number of esters is 1. The first-order chi connectivity index (χ1) is 13.5. The van der Waals surface area contributed by atoms with Crippen LogP contribution in [0.4, 0.5) is 5.69 Å². The van der Waals surface area contributed by atoms with E-state index >= 15 is 0 Å². The Morgan fingerprint density at radius 2 is 1.61 bits per heavy atom. The van der Waals surface area contributed by atoms with Gasteiger partial charge in [0, 0.05) is 11.6 Å². The predicted molar refractivity (Wildman–Crippen MR) is 103 cm³/mol. The van der Waals surface area contributed by atoms with E-state index in [1.165, 1.54) is 26.4 Å². The summed E-state index contributed by atoms with van der Waals surface area (Å²) in [6, 6.07) is 11.2. The van der Waals surface area contributed by atoms with Gasteiger partial charge in [0.1, 0.15) is 11.5 Å². The molecule has 0 aromatic heterocycles. The van der Waals surface area contributed by atoms with Gasteiger partial charge in [-0.05, 0) is 31.2 Å². The Hall–Kier alpha value is -3.55. The first-order valence-electron chi connectivity index (χ1n) is 8.55. The predicted octanol–water partition coefficient (Wildman–Crippen LogP) is 2.25. The average molecular weight is 386 g/mol. The molecule has 0 bridgehead atoms. The summed E-state index contributed by atoms with van der Waals surface area (Å²) in [6.45, 7) is 1.64. The maximum Gasteiger partial charge on any atom is 0.340 e. The van der Waals surface area contributed by atoms with Crippen molar-refractivity contribution in [3.63, 3.8) is 0 Å². The molecule has 148 valence electrons. The molecule has 0 saturated carbocycles. The topological polar surface area (TPSA) is 103 Å². The second kappa shape index (κ2) is 9.96. The third kappa shape index (κ3) is 5.47. The molecule has 8 heteroatoms. The van der Waals surface area contributed by atoms with Crippen molar-refractivity contribution in [1.82, 2.24) is 5.32 Å². The fourth-order valence-electron chi connectivity index (χ4n) is 2.37. The van der Waals surface area contributed by atoms with Crippen LogP contribution in [0.15, 0.2) is 42.5 Å². The van der Waals surface area contributed by atoms with Crippen LogP contribution in [0.3, 0.4) is 0 Å². The van der Waals surface area contributed by atoms with E-state index < -0.39 is 17.8 Å². The van der Waals surface area contributed by atoms with Gasteiger partial charge in [-0.2, -0.15) is 0 Å². The Labute approximate surface area is 162 Å². The van der Waals surface area contributed by atoms with Crippen LogP contribution in [0.1, 0.15) is 27.6 Å². The van der Waals surface area contributed by atoms with E-state index in [1.807, 2.05) is 0 Å². The normalized spacial score (nSPS) is 9.96. The van der Waals surface area contributed by atoms with E-state index in [9.17, 15) is 14.4 Å². The average Bonchev–Trinajstić information content (AvgIpc) is 2.72. The quantitative estimate of drug-likeness (QED) is 0.675. The standard InChI is InChI=1S/C20H22N2O6/c1-4-28-20(25)16-7-5-6-8-17(16)22-18(23)12-21-19(24)13-9-14(26-2)11-15(10-13)27-3/h5-11H,4,12H2,1-3H3,(H,21,24)(H,22,23). The highest BCUT2D eigenvalue weighted by Crippen LogP contribution is 2.22. The van der Waals surface area contributed by atoms with Crippen LogP contribution in [0.2, 0.25) is 0 Å². The number of methoxy groups -OCH3 is 2. The van der Waals surface area contributed by atoms with Gasteiger partial charge >= 0.3 is 5.97 Å². The van der Waals surface area contributed by atoms with Crippen LogP contribution in [-0.2, 0) is 9.53 Å². The molecule has 0 aliphatic heterocycles. The molecule has 0 radical (unpaired) electrons. The largest absolute Gasteiger partial charge is 0.497 e. The number of amides is 2. The zero-order valence-electron chi connectivity index (χ0n) is 15.9. The molecule has 2 amide bonds. The van der Waals surface area contributed by atoms with Crippen LogP contribution in [-0.4, -0.2) is 45.2 Å². The van der Waals surface area contributed by atoms with Crippen molar-refractivity contribution in [2.45, 2.75) is 6.92 Å². The number of carbonyl (C=O) groups excluding carboxylic acids is 3. The number of ether oxygens (including phenoxy) is 3. The summed E-state index contributed by atoms with van der Waals surface area (Å²) >= 11 is 0. The molecule has 0 spiro atoms. The van der Waals surface area contributed by atoms with Gasteiger partial charge in [0.15, 0.2) is 0 Å². The number of benzene rings is 2. The van der Waals surface area contributed by atoms with Gasteiger partial charge in [0.05, 0.1) is 38.6 Å². The SMILES string of the molecule is CCOC(=O)c1ccccc1NC(=O)CNC(=O)c1cc(OC)cc(OC)c1. The second-order valence-corrected chi connectivity index (χ2v) is 5.60. The molecule has 8 nitrogen and oxygen atoms in total. The van der Waals surface area contributed by atoms with Gasteiger partial charge in [0.25, 0.3) is 5.91 Å². The van der Waals surface area contributed by atoms with Gasteiger partial charge in [-0.3, -0.25) is 9.59 Å². The number of hydrogen-bond donors (Lipinski definition) is 2. The second-order valence-electron chi connectivity index (χ2n) is 5.60. The zero-order valence-corrected chi connectivity index (χ0v) is 15.9. The van der Waals surface area contributed by atoms with Crippen molar-refractivity contribution < 1.29 is 28.6 Å². The van der Waals surface area contributed by atoms with E-state index in [0.717, 1.165) is 0 Å². The minimum absolute atomic E-state index is 0.223. The van der Waals surface area contributed by atoms with Crippen LogP contribution in [0.25, 0.3) is 0 Å². The third-order valence-electron chi connectivity index (χ3n) is 3.72. The number of hydrogen-bond acceptors (Lipinski definition) is 6. The number of rotatable bonds is 8. The van der Waals surface area contributed by atoms with Crippen molar-refractivity contribution in [2.24, 2.45) is 0 Å². The third-order valence-corrected chi connectivity index (χ3v) is 3.72. The van der Waals surface area contributed by atoms with Gasteiger partial charge in [0.2, 0.25) is 5.91 Å². The lowest BCUT2D eigenvalue weighted by Crippen LogP contribution is -2.33. The van der Waals surface area contributed by atoms with Crippen LogP contribution in [0.5, 0.6) is 11.5 Å². The molecule has 28 heavy (non-hydrogen) atoms. The minimum Gasteiger partial charge on any atom is -0.497 e. The van der Waals surface area contributed by atoms with E-state index in [-0.39, 0.29) is 24.3 Å². The van der Waals surface area contributed by atoms with Crippen molar-refractivity contribution in [3.8, 4) is 11.5 Å². The summed E-state index contributed by atoms with van der Waals surface area (Å²) in [4.78, 5) is 36.5. The number of para-hydroxylation sites is 1. The van der Waals surface area contributed by atoms with Crippen molar-refractivity contribution in [2.75, 3.05) is 32.7 Å². The Morgan fingerprint density at radius 3 is 2.21 bits per heavy atom. The molecule has 2 rings (SSSR count). The highest BCUT2D eigenvalue weighted by atomic mass is 16.5. The lowest BCUT2D eigenvalue weighted by molar-refractivity contribution is -0.115. The Kier molecular flexibility index (Phi) is 7.38. The van der Waals surface area contributed by atoms with Crippen molar-refractivity contribution in [1.29, 1.82) is 0 Å². The first kappa shape index (κ1) is 20.8. The fourth-order valence-corrected chi connectivity index (χ4v) is 2.37. The Bertz CT molecular complexity index is 843. The molecular formula is C20H22N2O6. The van der Waals surface area contributed by atoms with E-state index in [4.69, 9.17) is 14.2 Å². The van der Waals surface area contributed by atoms with Crippen LogP contribution in [0, 0.1) is 0 Å². The highest BCUT2D eigenvalue weighted by molar-refractivity contribution is 6.03. The highest BCUT2D eigenvalue weighted by Gasteiger charge is 2.15. The Morgan fingerprint density at radius 1 is 0.964 bits per heavy atom. The van der Waals surface area contributed by atoms with Crippen molar-refractivity contribution in [3.05, 3.63) is 53.6 Å². The molecule has 2 aromatic carbocycles. The molecule has 0 heterocycles. The maximum absolute atomic E-state index is 12.3.